The van der Waals surface area contributed by atoms with Gasteiger partial charge in [-0.3, -0.25) is 0 Å². The van der Waals surface area contributed by atoms with Crippen LogP contribution < -0.4 is 0 Å². The van der Waals surface area contributed by atoms with Gasteiger partial charge < -0.3 is 14.6 Å². The predicted octanol–water partition coefficient (Wildman–Crippen LogP) is 2.99. The number of hydrogen-bond donors (Lipinski definition) is 1. The Bertz CT molecular complexity index is 749. The predicted molar refractivity (Wildman–Crippen MR) is 80.0 cm³/mol. The van der Waals surface area contributed by atoms with Crippen molar-refractivity contribution in [3.8, 4) is 6.07 Å². The van der Waals surface area contributed by atoms with Gasteiger partial charge in [0.15, 0.2) is 0 Å². The van der Waals surface area contributed by atoms with E-state index < -0.39 is 6.09 Å². The number of aromatic nitrogens is 2. The molecule has 1 N–H and O–H groups in total. The molecular weight excluding hydrogens is 336 g/mol. The van der Waals surface area contributed by atoms with Crippen LogP contribution in [0.3, 0.4) is 0 Å². The standard InChI is InChI=1S/C14H13BrN4O2/c15-12-4-3-11-9(6-16)7-19(13(11)17-12)10-2-1-5-18(8-10)14(20)21/h3-4,7,10H,1-2,5,8H2,(H,20,21)/t10-/m1/s1. The fraction of sp³-hybridized carbons (Fsp3) is 0.357. The zero-order chi connectivity index (χ0) is 15.0. The number of nitrogens with zero attached hydrogens (tertiary/aromatic N) is 4. The molecule has 0 radical (unpaired) electrons. The molecule has 1 atom stereocenters. The van der Waals surface area contributed by atoms with Crippen LogP contribution in [0, 0.1) is 11.3 Å². The minimum Gasteiger partial charge on any atom is -0.465 e. The molecule has 0 aliphatic carbocycles. The Hall–Kier alpha value is -2.07. The van der Waals surface area contributed by atoms with Crippen molar-refractivity contribution < 1.29 is 9.90 Å². The SMILES string of the molecule is N#Cc1cn([C@@H]2CCCN(C(=O)O)C2)c2nc(Br)ccc12. The summed E-state index contributed by atoms with van der Waals surface area (Å²) in [5.41, 5.74) is 1.29. The van der Waals surface area contributed by atoms with Crippen LogP contribution in [-0.2, 0) is 0 Å². The highest BCUT2D eigenvalue weighted by atomic mass is 79.9. The number of halogens is 1. The summed E-state index contributed by atoms with van der Waals surface area (Å²) < 4.78 is 2.64. The van der Waals surface area contributed by atoms with E-state index in [1.54, 1.807) is 12.3 Å². The van der Waals surface area contributed by atoms with E-state index in [1.807, 2.05) is 10.6 Å². The molecular formula is C14H13BrN4O2. The molecule has 0 saturated carbocycles. The molecule has 7 heteroatoms. The molecule has 0 spiro atoms. The van der Waals surface area contributed by atoms with Crippen molar-refractivity contribution in [3.63, 3.8) is 0 Å². The van der Waals surface area contributed by atoms with E-state index >= 15 is 0 Å². The zero-order valence-corrected chi connectivity index (χ0v) is 12.7. The number of nitriles is 1. The van der Waals surface area contributed by atoms with Crippen LogP contribution in [0.4, 0.5) is 4.79 Å². The lowest BCUT2D eigenvalue weighted by Crippen LogP contribution is -2.39. The lowest BCUT2D eigenvalue weighted by Gasteiger charge is -2.31. The van der Waals surface area contributed by atoms with Crippen LogP contribution in [0.2, 0.25) is 0 Å². The Morgan fingerprint density at radius 1 is 1.52 bits per heavy atom. The second kappa shape index (κ2) is 5.37. The van der Waals surface area contributed by atoms with Gasteiger partial charge in [-0.25, -0.2) is 9.78 Å². The smallest absolute Gasteiger partial charge is 0.407 e. The number of rotatable bonds is 1. The minimum absolute atomic E-state index is 0.0150. The summed E-state index contributed by atoms with van der Waals surface area (Å²) in [6, 6.07) is 5.86. The maximum atomic E-state index is 11.2. The first-order chi connectivity index (χ1) is 10.1. The van der Waals surface area contributed by atoms with Crippen molar-refractivity contribution in [2.24, 2.45) is 0 Å². The summed E-state index contributed by atoms with van der Waals surface area (Å²) in [7, 11) is 0. The molecule has 0 aromatic carbocycles. The number of carboxylic acid groups (broad SMARTS) is 1. The average molecular weight is 349 g/mol. The Kier molecular flexibility index (Phi) is 3.55. The lowest BCUT2D eigenvalue weighted by molar-refractivity contribution is 0.122. The zero-order valence-electron chi connectivity index (χ0n) is 11.2. The normalized spacial score (nSPS) is 18.7. The summed E-state index contributed by atoms with van der Waals surface area (Å²) in [5.74, 6) is 0. The van der Waals surface area contributed by atoms with Crippen molar-refractivity contribution in [2.75, 3.05) is 13.1 Å². The molecule has 6 nitrogen and oxygen atoms in total. The molecule has 3 rings (SSSR count). The Morgan fingerprint density at radius 2 is 2.33 bits per heavy atom. The molecule has 1 fully saturated rings. The van der Waals surface area contributed by atoms with Gasteiger partial charge in [-0.05, 0) is 40.9 Å². The molecule has 1 aliphatic heterocycles. The van der Waals surface area contributed by atoms with Gasteiger partial charge in [-0.15, -0.1) is 0 Å². The van der Waals surface area contributed by atoms with E-state index in [4.69, 9.17) is 5.11 Å². The van der Waals surface area contributed by atoms with Crippen LogP contribution in [0.25, 0.3) is 11.0 Å². The summed E-state index contributed by atoms with van der Waals surface area (Å²) >= 11 is 3.34. The Balaban J connectivity index is 2.06. The average Bonchev–Trinajstić information content (AvgIpc) is 2.85. The van der Waals surface area contributed by atoms with Crippen molar-refractivity contribution in [2.45, 2.75) is 18.9 Å². The third kappa shape index (κ3) is 2.47. The van der Waals surface area contributed by atoms with Crippen molar-refractivity contribution in [3.05, 3.63) is 28.5 Å². The van der Waals surface area contributed by atoms with Gasteiger partial charge >= 0.3 is 6.09 Å². The fourth-order valence-corrected chi connectivity index (χ4v) is 3.13. The number of carbonyl (C=O) groups is 1. The number of pyridine rings is 1. The molecule has 1 saturated heterocycles. The van der Waals surface area contributed by atoms with E-state index in [1.165, 1.54) is 4.90 Å². The second-order valence-electron chi connectivity index (χ2n) is 5.09. The number of amides is 1. The van der Waals surface area contributed by atoms with E-state index in [0.717, 1.165) is 23.9 Å². The summed E-state index contributed by atoms with van der Waals surface area (Å²) in [6.45, 7) is 0.992. The Morgan fingerprint density at radius 3 is 3.05 bits per heavy atom. The Labute approximate surface area is 129 Å². The third-order valence-corrected chi connectivity index (χ3v) is 4.27. The molecule has 0 unspecified atom stereocenters. The van der Waals surface area contributed by atoms with Crippen molar-refractivity contribution >= 4 is 33.1 Å². The van der Waals surface area contributed by atoms with Crippen molar-refractivity contribution in [1.82, 2.24) is 14.5 Å². The van der Waals surface area contributed by atoms with Crippen LogP contribution in [0.1, 0.15) is 24.4 Å². The summed E-state index contributed by atoms with van der Waals surface area (Å²) in [5, 5.41) is 19.2. The number of piperidine rings is 1. The molecule has 2 aromatic heterocycles. The van der Waals surface area contributed by atoms with Gasteiger partial charge in [-0.1, -0.05) is 0 Å². The van der Waals surface area contributed by atoms with Crippen LogP contribution in [0.5, 0.6) is 0 Å². The first kappa shape index (κ1) is 13.9. The largest absolute Gasteiger partial charge is 0.465 e. The maximum Gasteiger partial charge on any atom is 0.407 e. The van der Waals surface area contributed by atoms with Gasteiger partial charge in [0.05, 0.1) is 11.6 Å². The highest BCUT2D eigenvalue weighted by Crippen LogP contribution is 2.29. The number of hydrogen-bond acceptors (Lipinski definition) is 3. The molecule has 1 amide bonds. The second-order valence-corrected chi connectivity index (χ2v) is 5.90. The lowest BCUT2D eigenvalue weighted by atomic mass is 10.1. The van der Waals surface area contributed by atoms with Gasteiger partial charge in [0.25, 0.3) is 0 Å². The van der Waals surface area contributed by atoms with Gasteiger partial charge in [0.1, 0.15) is 16.3 Å². The quantitative estimate of drug-likeness (QED) is 0.803. The van der Waals surface area contributed by atoms with Crippen LogP contribution in [-0.4, -0.2) is 38.7 Å². The molecule has 0 bridgehead atoms. The van der Waals surface area contributed by atoms with Crippen molar-refractivity contribution in [1.29, 1.82) is 5.26 Å². The van der Waals surface area contributed by atoms with E-state index in [0.29, 0.717) is 23.3 Å². The third-order valence-electron chi connectivity index (χ3n) is 3.82. The van der Waals surface area contributed by atoms with Crippen LogP contribution >= 0.6 is 15.9 Å². The van der Waals surface area contributed by atoms with Gasteiger partial charge in [0.2, 0.25) is 0 Å². The molecule has 2 aromatic rings. The number of likely N-dealkylation sites (tertiary alicyclic amines) is 1. The van der Waals surface area contributed by atoms with Gasteiger partial charge in [-0.2, -0.15) is 5.26 Å². The first-order valence-electron chi connectivity index (χ1n) is 6.65. The molecule has 3 heterocycles. The highest BCUT2D eigenvalue weighted by molar-refractivity contribution is 9.10. The molecule has 1 aliphatic rings. The molecule has 21 heavy (non-hydrogen) atoms. The maximum absolute atomic E-state index is 11.2. The summed E-state index contributed by atoms with van der Waals surface area (Å²) in [6.07, 6.45) is 2.57. The number of fused-ring (bicyclic) bond motifs is 1. The topological polar surface area (TPSA) is 82.2 Å². The monoisotopic (exact) mass is 348 g/mol. The molecule has 108 valence electrons. The van der Waals surface area contributed by atoms with Gasteiger partial charge in [0, 0.05) is 24.7 Å². The first-order valence-corrected chi connectivity index (χ1v) is 7.44. The van der Waals surface area contributed by atoms with E-state index in [9.17, 15) is 10.1 Å². The van der Waals surface area contributed by atoms with Crippen LogP contribution in [0.15, 0.2) is 22.9 Å². The summed E-state index contributed by atoms with van der Waals surface area (Å²) in [4.78, 5) is 17.0. The van der Waals surface area contributed by atoms with E-state index in [-0.39, 0.29) is 6.04 Å². The minimum atomic E-state index is -0.897. The highest BCUT2D eigenvalue weighted by Gasteiger charge is 2.26. The van der Waals surface area contributed by atoms with E-state index in [2.05, 4.69) is 27.0 Å². The fourth-order valence-electron chi connectivity index (χ4n) is 2.83.